The molecule has 1 heterocycles. The van der Waals surface area contributed by atoms with Crippen LogP contribution in [0.3, 0.4) is 0 Å². The minimum Gasteiger partial charge on any atom is -0.481 e. The molecule has 2 unspecified atom stereocenters. The molecular formula is C15H26N2O4. The van der Waals surface area contributed by atoms with Gasteiger partial charge in [-0.1, -0.05) is 6.42 Å². The third-order valence-corrected chi connectivity index (χ3v) is 4.96. The van der Waals surface area contributed by atoms with Crippen molar-refractivity contribution in [1.29, 1.82) is 0 Å². The molecule has 1 aliphatic carbocycles. The summed E-state index contributed by atoms with van der Waals surface area (Å²) >= 11 is 0. The zero-order chi connectivity index (χ0) is 15.3. The van der Waals surface area contributed by atoms with Gasteiger partial charge in [-0.25, -0.2) is 0 Å². The molecule has 3 N–H and O–H groups in total. The fraction of sp³-hybridized carbons (Fsp3) is 0.867. The third-order valence-electron chi connectivity index (χ3n) is 4.96. The lowest BCUT2D eigenvalue weighted by Gasteiger charge is -2.36. The number of carboxylic acid groups (broad SMARTS) is 1. The highest BCUT2D eigenvalue weighted by molar-refractivity contribution is 5.83. The monoisotopic (exact) mass is 298 g/mol. The maximum atomic E-state index is 12.6. The first-order chi connectivity index (χ1) is 10.1. The first kappa shape index (κ1) is 16.2. The van der Waals surface area contributed by atoms with Crippen molar-refractivity contribution in [2.75, 3.05) is 33.4 Å². The summed E-state index contributed by atoms with van der Waals surface area (Å²) in [7, 11) is 1.62. The number of hydrogen-bond donors (Lipinski definition) is 3. The van der Waals surface area contributed by atoms with Crippen molar-refractivity contribution in [3.8, 4) is 0 Å². The summed E-state index contributed by atoms with van der Waals surface area (Å²) in [4.78, 5) is 23.8. The van der Waals surface area contributed by atoms with Crippen molar-refractivity contribution in [3.63, 3.8) is 0 Å². The maximum absolute atomic E-state index is 12.6. The smallest absolute Gasteiger partial charge is 0.306 e. The standard InChI is InChI=1S/C15H26N2O4/c1-21-10-15(5-7-16-8-6-15)14(20)17-9-11-3-2-4-12(11)13(18)19/h11-12,16H,2-10H2,1H3,(H,17,20)(H,18,19). The molecule has 6 nitrogen and oxygen atoms in total. The van der Waals surface area contributed by atoms with Crippen LogP contribution in [0.2, 0.25) is 0 Å². The molecule has 0 bridgehead atoms. The summed E-state index contributed by atoms with van der Waals surface area (Å²) in [5.74, 6) is -0.966. The second-order valence-corrected chi connectivity index (χ2v) is 6.31. The first-order valence-corrected chi connectivity index (χ1v) is 7.80. The number of hydrogen-bond acceptors (Lipinski definition) is 4. The Morgan fingerprint density at radius 3 is 2.67 bits per heavy atom. The van der Waals surface area contributed by atoms with Gasteiger partial charge in [0.05, 0.1) is 17.9 Å². The molecule has 2 atom stereocenters. The molecule has 1 amide bonds. The van der Waals surface area contributed by atoms with Gasteiger partial charge >= 0.3 is 5.97 Å². The molecule has 2 aliphatic rings. The quantitative estimate of drug-likeness (QED) is 0.669. The Kier molecular flexibility index (Phi) is 5.58. The van der Waals surface area contributed by atoms with Crippen LogP contribution in [-0.4, -0.2) is 50.3 Å². The summed E-state index contributed by atoms with van der Waals surface area (Å²) in [6, 6.07) is 0. The molecule has 0 spiro atoms. The molecule has 2 fully saturated rings. The number of ether oxygens (including phenoxy) is 1. The van der Waals surface area contributed by atoms with Gasteiger partial charge < -0.3 is 20.5 Å². The van der Waals surface area contributed by atoms with E-state index in [1.54, 1.807) is 7.11 Å². The lowest BCUT2D eigenvalue weighted by Crippen LogP contribution is -2.51. The van der Waals surface area contributed by atoms with Crippen LogP contribution in [0, 0.1) is 17.3 Å². The van der Waals surface area contributed by atoms with E-state index in [2.05, 4.69) is 10.6 Å². The van der Waals surface area contributed by atoms with Crippen molar-refractivity contribution in [2.45, 2.75) is 32.1 Å². The van der Waals surface area contributed by atoms with E-state index in [9.17, 15) is 14.7 Å². The van der Waals surface area contributed by atoms with Crippen LogP contribution < -0.4 is 10.6 Å². The zero-order valence-electron chi connectivity index (χ0n) is 12.7. The number of nitrogens with one attached hydrogen (secondary N) is 2. The second kappa shape index (κ2) is 7.22. The average molecular weight is 298 g/mol. The van der Waals surface area contributed by atoms with Gasteiger partial charge in [-0.2, -0.15) is 0 Å². The first-order valence-electron chi connectivity index (χ1n) is 7.80. The molecule has 2 rings (SSSR count). The molecule has 0 aromatic rings. The van der Waals surface area contributed by atoms with Crippen LogP contribution in [0.5, 0.6) is 0 Å². The van der Waals surface area contributed by atoms with Crippen LogP contribution in [0.1, 0.15) is 32.1 Å². The van der Waals surface area contributed by atoms with Crippen LogP contribution in [0.4, 0.5) is 0 Å². The number of carboxylic acids is 1. The van der Waals surface area contributed by atoms with E-state index < -0.39 is 11.4 Å². The predicted octanol–water partition coefficient (Wildman–Crippen LogP) is 0.620. The molecule has 0 aromatic heterocycles. The largest absolute Gasteiger partial charge is 0.481 e. The zero-order valence-corrected chi connectivity index (χ0v) is 12.7. The lowest BCUT2D eigenvalue weighted by molar-refractivity contribution is -0.143. The van der Waals surface area contributed by atoms with Gasteiger partial charge in [0.15, 0.2) is 0 Å². The molecule has 1 saturated carbocycles. The van der Waals surface area contributed by atoms with E-state index in [1.165, 1.54) is 0 Å². The summed E-state index contributed by atoms with van der Waals surface area (Å²) < 4.78 is 5.25. The van der Waals surface area contributed by atoms with Gasteiger partial charge in [-0.15, -0.1) is 0 Å². The van der Waals surface area contributed by atoms with Crippen molar-refractivity contribution in [1.82, 2.24) is 10.6 Å². The van der Waals surface area contributed by atoms with Crippen LogP contribution in [0.15, 0.2) is 0 Å². The number of amides is 1. The molecule has 6 heteroatoms. The molecule has 0 radical (unpaired) electrons. The van der Waals surface area contributed by atoms with E-state index in [0.717, 1.165) is 45.2 Å². The maximum Gasteiger partial charge on any atom is 0.306 e. The van der Waals surface area contributed by atoms with Crippen molar-refractivity contribution in [3.05, 3.63) is 0 Å². The Labute approximate surface area is 125 Å². The van der Waals surface area contributed by atoms with Gasteiger partial charge in [0, 0.05) is 13.7 Å². The number of piperidine rings is 1. The lowest BCUT2D eigenvalue weighted by atomic mass is 9.78. The minimum atomic E-state index is -0.736. The molecule has 1 aliphatic heterocycles. The molecule has 21 heavy (non-hydrogen) atoms. The Balaban J connectivity index is 1.91. The SMILES string of the molecule is COCC1(C(=O)NCC2CCCC2C(=O)O)CCNCC1. The number of aliphatic carboxylic acids is 1. The molecular weight excluding hydrogens is 272 g/mol. The minimum absolute atomic E-state index is 0.0156. The second-order valence-electron chi connectivity index (χ2n) is 6.31. The number of carbonyl (C=O) groups excluding carboxylic acids is 1. The summed E-state index contributed by atoms with van der Waals surface area (Å²) in [5.41, 5.74) is -0.461. The van der Waals surface area contributed by atoms with Crippen molar-refractivity contribution in [2.24, 2.45) is 17.3 Å². The summed E-state index contributed by atoms with van der Waals surface area (Å²) in [6.45, 7) is 2.53. The van der Waals surface area contributed by atoms with E-state index in [1.807, 2.05) is 0 Å². The number of rotatable bonds is 6. The fourth-order valence-corrected chi connectivity index (χ4v) is 3.64. The summed E-state index contributed by atoms with van der Waals surface area (Å²) in [5, 5.41) is 15.4. The third kappa shape index (κ3) is 3.74. The number of methoxy groups -OCH3 is 1. The highest BCUT2D eigenvalue weighted by Crippen LogP contribution is 2.33. The molecule has 0 aromatic carbocycles. The Morgan fingerprint density at radius 1 is 1.33 bits per heavy atom. The van der Waals surface area contributed by atoms with Gasteiger partial charge in [-0.05, 0) is 44.7 Å². The topological polar surface area (TPSA) is 87.7 Å². The highest BCUT2D eigenvalue weighted by Gasteiger charge is 2.40. The Bertz CT molecular complexity index is 374. The van der Waals surface area contributed by atoms with E-state index in [-0.39, 0.29) is 17.7 Å². The van der Waals surface area contributed by atoms with Crippen molar-refractivity contribution < 1.29 is 19.4 Å². The van der Waals surface area contributed by atoms with Crippen molar-refractivity contribution >= 4 is 11.9 Å². The van der Waals surface area contributed by atoms with Crippen LogP contribution in [0.25, 0.3) is 0 Å². The molecule has 1 saturated heterocycles. The average Bonchev–Trinajstić information content (AvgIpc) is 2.94. The van der Waals surface area contributed by atoms with E-state index in [4.69, 9.17) is 4.74 Å². The summed E-state index contributed by atoms with van der Waals surface area (Å²) in [6.07, 6.45) is 4.07. The van der Waals surface area contributed by atoms with Gasteiger partial charge in [0.2, 0.25) is 5.91 Å². The Hall–Kier alpha value is -1.14. The van der Waals surface area contributed by atoms with Gasteiger partial charge in [0.25, 0.3) is 0 Å². The fourth-order valence-electron chi connectivity index (χ4n) is 3.64. The van der Waals surface area contributed by atoms with Gasteiger partial charge in [-0.3, -0.25) is 9.59 Å². The van der Waals surface area contributed by atoms with E-state index in [0.29, 0.717) is 13.2 Å². The highest BCUT2D eigenvalue weighted by atomic mass is 16.5. The number of carbonyl (C=O) groups is 2. The molecule has 120 valence electrons. The van der Waals surface area contributed by atoms with E-state index >= 15 is 0 Å². The Morgan fingerprint density at radius 2 is 2.05 bits per heavy atom. The van der Waals surface area contributed by atoms with Crippen LogP contribution in [-0.2, 0) is 14.3 Å². The van der Waals surface area contributed by atoms with Crippen LogP contribution >= 0.6 is 0 Å². The van der Waals surface area contributed by atoms with Gasteiger partial charge in [0.1, 0.15) is 0 Å². The normalized spacial score (nSPS) is 28.2. The predicted molar refractivity (Wildman–Crippen MR) is 77.9 cm³/mol.